The Bertz CT molecular complexity index is 699. The third-order valence-corrected chi connectivity index (χ3v) is 4.65. The Hall–Kier alpha value is -2.31. The van der Waals surface area contributed by atoms with Crippen LogP contribution in [0.2, 0.25) is 0 Å². The summed E-state index contributed by atoms with van der Waals surface area (Å²) in [5.41, 5.74) is 0.179. The molecule has 0 saturated carbocycles. The number of hydrogen-bond donors (Lipinski definition) is 1. The van der Waals surface area contributed by atoms with Gasteiger partial charge in [-0.2, -0.15) is 13.2 Å². The third kappa shape index (κ3) is 6.73. The van der Waals surface area contributed by atoms with Crippen LogP contribution in [0.25, 0.3) is 0 Å². The molecule has 0 atom stereocenters. The second kappa shape index (κ2) is 9.58. The van der Waals surface area contributed by atoms with Crippen LogP contribution in [-0.4, -0.2) is 29.8 Å². The summed E-state index contributed by atoms with van der Waals surface area (Å²) in [5.74, 6) is -0.690. The maximum atomic E-state index is 13.0. The van der Waals surface area contributed by atoms with Gasteiger partial charge in [0.25, 0.3) is 0 Å². The number of amides is 2. The number of para-hydroxylation sites is 1. The Labute approximate surface area is 157 Å². The first kappa shape index (κ1) is 21.0. The van der Waals surface area contributed by atoms with E-state index >= 15 is 0 Å². The van der Waals surface area contributed by atoms with Crippen molar-refractivity contribution < 1.29 is 22.8 Å². The average Bonchev–Trinajstić information content (AvgIpc) is 2.61. The van der Waals surface area contributed by atoms with E-state index < -0.39 is 17.6 Å². The molecule has 27 heavy (non-hydrogen) atoms. The van der Waals surface area contributed by atoms with E-state index in [2.05, 4.69) is 11.4 Å². The van der Waals surface area contributed by atoms with E-state index in [0.29, 0.717) is 6.54 Å². The highest BCUT2D eigenvalue weighted by atomic mass is 19.4. The lowest BCUT2D eigenvalue weighted by atomic mass is 9.97. The van der Waals surface area contributed by atoms with Gasteiger partial charge in [-0.15, -0.1) is 0 Å². The fourth-order valence-corrected chi connectivity index (χ4v) is 3.13. The third-order valence-electron chi connectivity index (χ3n) is 4.65. The minimum absolute atomic E-state index is 0.0508. The Morgan fingerprint density at radius 3 is 2.52 bits per heavy atom. The Balaban J connectivity index is 1.89. The molecule has 148 valence electrons. The average molecular weight is 382 g/mol. The van der Waals surface area contributed by atoms with Gasteiger partial charge in [0, 0.05) is 26.4 Å². The molecule has 4 nitrogen and oxygen atoms in total. The molecular weight excluding hydrogens is 357 g/mol. The van der Waals surface area contributed by atoms with Gasteiger partial charge in [-0.25, -0.2) is 0 Å². The van der Waals surface area contributed by atoms with Gasteiger partial charge < -0.3 is 10.2 Å². The molecule has 7 heteroatoms. The van der Waals surface area contributed by atoms with E-state index in [1.54, 1.807) is 4.90 Å². The van der Waals surface area contributed by atoms with Crippen molar-refractivity contribution in [2.75, 3.05) is 18.4 Å². The number of anilines is 1. The number of halogens is 3. The van der Waals surface area contributed by atoms with E-state index in [4.69, 9.17) is 0 Å². The monoisotopic (exact) mass is 382 g/mol. The van der Waals surface area contributed by atoms with Gasteiger partial charge in [-0.1, -0.05) is 23.8 Å². The molecule has 1 aliphatic carbocycles. The second-order valence-corrected chi connectivity index (χ2v) is 6.71. The van der Waals surface area contributed by atoms with Gasteiger partial charge in [0.05, 0.1) is 11.3 Å². The molecule has 1 aliphatic rings. The molecule has 0 aliphatic heterocycles. The summed E-state index contributed by atoms with van der Waals surface area (Å²) >= 11 is 0. The molecular formula is C20H25F3N2O2. The largest absolute Gasteiger partial charge is 0.418 e. The van der Waals surface area contributed by atoms with Gasteiger partial charge in [0.1, 0.15) is 0 Å². The highest BCUT2D eigenvalue weighted by Gasteiger charge is 2.33. The highest BCUT2D eigenvalue weighted by molar-refractivity contribution is 5.92. The maximum absolute atomic E-state index is 13.0. The van der Waals surface area contributed by atoms with Crippen molar-refractivity contribution in [3.8, 4) is 0 Å². The highest BCUT2D eigenvalue weighted by Crippen LogP contribution is 2.34. The van der Waals surface area contributed by atoms with Crippen LogP contribution in [-0.2, 0) is 15.8 Å². The predicted molar refractivity (Wildman–Crippen MR) is 98.1 cm³/mol. The number of carbonyl (C=O) groups excluding carboxylic acids is 2. The molecule has 2 rings (SSSR count). The molecule has 0 bridgehead atoms. The number of allylic oxidation sites excluding steroid dienone is 1. The van der Waals surface area contributed by atoms with Crippen LogP contribution in [0.3, 0.4) is 0 Å². The zero-order valence-corrected chi connectivity index (χ0v) is 15.4. The van der Waals surface area contributed by atoms with Gasteiger partial charge in [0.15, 0.2) is 0 Å². The van der Waals surface area contributed by atoms with E-state index in [1.165, 1.54) is 37.1 Å². The summed E-state index contributed by atoms with van der Waals surface area (Å²) in [5, 5.41) is 2.31. The quantitative estimate of drug-likeness (QED) is 0.691. The normalized spacial score (nSPS) is 14.4. The summed E-state index contributed by atoms with van der Waals surface area (Å²) in [7, 11) is 0. The van der Waals surface area contributed by atoms with Crippen LogP contribution in [0.5, 0.6) is 0 Å². The lowest BCUT2D eigenvalue weighted by Gasteiger charge is -2.22. The Kier molecular flexibility index (Phi) is 7.45. The van der Waals surface area contributed by atoms with Crippen molar-refractivity contribution in [2.24, 2.45) is 0 Å². The molecule has 0 unspecified atom stereocenters. The van der Waals surface area contributed by atoms with Gasteiger partial charge in [0.2, 0.25) is 11.8 Å². The molecule has 0 spiro atoms. The molecule has 0 radical (unpaired) electrons. The zero-order chi connectivity index (χ0) is 19.9. The summed E-state index contributed by atoms with van der Waals surface area (Å²) in [6.45, 7) is 2.14. The van der Waals surface area contributed by atoms with Crippen molar-refractivity contribution in [1.29, 1.82) is 0 Å². The molecule has 2 amide bonds. The van der Waals surface area contributed by atoms with Crippen LogP contribution in [0.1, 0.15) is 51.0 Å². The minimum atomic E-state index is -4.54. The summed E-state index contributed by atoms with van der Waals surface area (Å²) in [4.78, 5) is 25.5. The van der Waals surface area contributed by atoms with Crippen molar-refractivity contribution in [3.05, 3.63) is 41.5 Å². The molecule has 1 aromatic rings. The Morgan fingerprint density at radius 2 is 1.89 bits per heavy atom. The number of hydrogen-bond acceptors (Lipinski definition) is 2. The topological polar surface area (TPSA) is 49.4 Å². The van der Waals surface area contributed by atoms with Gasteiger partial charge in [-0.05, 0) is 44.2 Å². The fraction of sp³-hybridized carbons (Fsp3) is 0.500. The number of nitrogens with one attached hydrogen (secondary N) is 1. The van der Waals surface area contributed by atoms with Gasteiger partial charge >= 0.3 is 6.18 Å². The number of carbonyl (C=O) groups is 2. The van der Waals surface area contributed by atoms with Crippen LogP contribution < -0.4 is 5.32 Å². The number of alkyl halides is 3. The molecule has 0 fully saturated rings. The van der Waals surface area contributed by atoms with E-state index in [0.717, 1.165) is 31.7 Å². The van der Waals surface area contributed by atoms with Crippen molar-refractivity contribution in [2.45, 2.75) is 51.6 Å². The summed E-state index contributed by atoms with van der Waals surface area (Å²) < 4.78 is 39.0. The number of nitrogens with zero attached hydrogens (tertiary/aromatic N) is 1. The predicted octanol–water partition coefficient (Wildman–Crippen LogP) is 4.77. The van der Waals surface area contributed by atoms with E-state index in [1.807, 2.05) is 0 Å². The molecule has 1 N–H and O–H groups in total. The lowest BCUT2D eigenvalue weighted by Crippen LogP contribution is -2.33. The number of rotatable bonds is 7. The SMILES string of the molecule is CC(=O)N(CCC(=O)Nc1ccccc1C(F)(F)F)CCC1=CCCCC1. The van der Waals surface area contributed by atoms with Crippen LogP contribution in [0.15, 0.2) is 35.9 Å². The fourth-order valence-electron chi connectivity index (χ4n) is 3.13. The standard InChI is InChI=1S/C20H25F3N2O2/c1-15(26)25(13-11-16-7-3-2-4-8-16)14-12-19(27)24-18-10-6-5-9-17(18)20(21,22)23/h5-7,9-10H,2-4,8,11-14H2,1H3,(H,24,27). The van der Waals surface area contributed by atoms with Gasteiger partial charge in [-0.3, -0.25) is 9.59 Å². The second-order valence-electron chi connectivity index (χ2n) is 6.71. The minimum Gasteiger partial charge on any atom is -0.342 e. The Morgan fingerprint density at radius 1 is 1.15 bits per heavy atom. The van der Waals surface area contributed by atoms with Crippen LogP contribution in [0.4, 0.5) is 18.9 Å². The first-order valence-corrected chi connectivity index (χ1v) is 9.17. The summed E-state index contributed by atoms with van der Waals surface area (Å²) in [6, 6.07) is 4.86. The smallest absolute Gasteiger partial charge is 0.342 e. The number of benzene rings is 1. The molecule has 0 saturated heterocycles. The molecule has 0 heterocycles. The first-order chi connectivity index (χ1) is 12.8. The first-order valence-electron chi connectivity index (χ1n) is 9.17. The lowest BCUT2D eigenvalue weighted by molar-refractivity contribution is -0.137. The van der Waals surface area contributed by atoms with E-state index in [9.17, 15) is 22.8 Å². The molecule has 1 aromatic carbocycles. The maximum Gasteiger partial charge on any atom is 0.418 e. The van der Waals surface area contributed by atoms with Crippen LogP contribution in [0, 0.1) is 0 Å². The summed E-state index contributed by atoms with van der Waals surface area (Å²) in [6.07, 6.45) is 2.86. The molecule has 0 aromatic heterocycles. The van der Waals surface area contributed by atoms with Crippen molar-refractivity contribution >= 4 is 17.5 Å². The van der Waals surface area contributed by atoms with E-state index in [-0.39, 0.29) is 24.6 Å². The zero-order valence-electron chi connectivity index (χ0n) is 15.4. The van der Waals surface area contributed by atoms with Crippen molar-refractivity contribution in [1.82, 2.24) is 4.90 Å². The van der Waals surface area contributed by atoms with Crippen LogP contribution >= 0.6 is 0 Å². The van der Waals surface area contributed by atoms with Crippen molar-refractivity contribution in [3.63, 3.8) is 0 Å².